The van der Waals surface area contributed by atoms with Gasteiger partial charge < -0.3 is 14.8 Å². The minimum atomic E-state index is 0. The van der Waals surface area contributed by atoms with E-state index in [4.69, 9.17) is 9.47 Å². The Morgan fingerprint density at radius 3 is 2.38 bits per heavy atom. The Labute approximate surface area is 179 Å². The molecule has 1 atom stereocenters. The third kappa shape index (κ3) is 6.25. The summed E-state index contributed by atoms with van der Waals surface area (Å²) in [7, 11) is 0. The highest BCUT2D eigenvalue weighted by Gasteiger charge is 2.20. The summed E-state index contributed by atoms with van der Waals surface area (Å²) in [6.07, 6.45) is 3.42. The van der Waals surface area contributed by atoms with Crippen molar-refractivity contribution in [3.05, 3.63) is 95.6 Å². The molecule has 3 nitrogen and oxygen atoms in total. The molecule has 0 saturated carbocycles. The summed E-state index contributed by atoms with van der Waals surface area (Å²) in [4.78, 5) is 0. The average Bonchev–Trinajstić information content (AvgIpc) is 2.76. The Kier molecular flexibility index (Phi) is 7.97. The number of fused-ring (bicyclic) bond motifs is 1. The minimum Gasteiger partial charge on any atom is -0.490 e. The minimum absolute atomic E-state index is 0. The normalized spacial score (nSPS) is 15.0. The lowest BCUT2D eigenvalue weighted by Gasteiger charge is -2.26. The molecule has 3 aromatic carbocycles. The van der Waals surface area contributed by atoms with Gasteiger partial charge in [-0.3, -0.25) is 0 Å². The van der Waals surface area contributed by atoms with Crippen molar-refractivity contribution in [2.24, 2.45) is 0 Å². The monoisotopic (exact) mass is 409 g/mol. The summed E-state index contributed by atoms with van der Waals surface area (Å²) in [5, 5.41) is 3.52. The summed E-state index contributed by atoms with van der Waals surface area (Å²) >= 11 is 0. The molecule has 4 heteroatoms. The smallest absolute Gasteiger partial charge is 0.126 e. The average molecular weight is 410 g/mol. The zero-order valence-electron chi connectivity index (χ0n) is 16.6. The van der Waals surface area contributed by atoms with E-state index in [9.17, 15) is 0 Å². The summed E-state index contributed by atoms with van der Waals surface area (Å²) in [5.74, 6) is 1.84. The molecule has 0 spiro atoms. The van der Waals surface area contributed by atoms with E-state index < -0.39 is 0 Å². The molecule has 0 radical (unpaired) electrons. The van der Waals surface area contributed by atoms with E-state index >= 15 is 0 Å². The van der Waals surface area contributed by atoms with Crippen LogP contribution in [0.1, 0.15) is 29.5 Å². The fraction of sp³-hybridized carbons (Fsp3) is 0.280. The van der Waals surface area contributed by atoms with E-state index in [-0.39, 0.29) is 18.5 Å². The fourth-order valence-corrected chi connectivity index (χ4v) is 3.53. The second-order valence-electron chi connectivity index (χ2n) is 7.27. The van der Waals surface area contributed by atoms with Gasteiger partial charge in [0.2, 0.25) is 0 Å². The van der Waals surface area contributed by atoms with Gasteiger partial charge in [0.25, 0.3) is 0 Å². The Hall–Kier alpha value is -2.49. The van der Waals surface area contributed by atoms with Crippen LogP contribution in [-0.4, -0.2) is 12.6 Å². The first-order valence-corrected chi connectivity index (χ1v) is 10.1. The van der Waals surface area contributed by atoms with E-state index in [0.29, 0.717) is 6.61 Å². The first-order chi connectivity index (χ1) is 13.9. The third-order valence-corrected chi connectivity index (χ3v) is 5.13. The standard InChI is InChI=1S/C25H27NO2.ClH/c1-3-7-20(8-4-1)18-26-16-15-23-13-11-22-12-14-24(17-25(22)28-23)27-19-21-9-5-2-6-10-21;/h1-10,12,14,17,23,26H,11,13,15-16,18-19H2;1H. The van der Waals surface area contributed by atoms with Crippen LogP contribution in [0.4, 0.5) is 0 Å². The molecule has 0 aromatic heterocycles. The van der Waals surface area contributed by atoms with Crippen LogP contribution in [0.15, 0.2) is 78.9 Å². The van der Waals surface area contributed by atoms with Gasteiger partial charge in [-0.05, 0) is 48.6 Å². The topological polar surface area (TPSA) is 30.5 Å². The molecule has 0 amide bonds. The Balaban J connectivity index is 0.00000240. The largest absolute Gasteiger partial charge is 0.490 e. The highest BCUT2D eigenvalue weighted by Crippen LogP contribution is 2.32. The lowest BCUT2D eigenvalue weighted by atomic mass is 10.0. The zero-order valence-corrected chi connectivity index (χ0v) is 17.4. The SMILES string of the molecule is Cl.c1ccc(CNCCC2CCc3ccc(OCc4ccccc4)cc3O2)cc1. The molecule has 0 saturated heterocycles. The van der Waals surface area contributed by atoms with Crippen molar-refractivity contribution in [3.8, 4) is 11.5 Å². The predicted octanol–water partition coefficient (Wildman–Crippen LogP) is 5.56. The maximum absolute atomic E-state index is 6.26. The van der Waals surface area contributed by atoms with Crippen LogP contribution in [0.5, 0.6) is 11.5 Å². The Bertz CT molecular complexity index is 871. The van der Waals surface area contributed by atoms with Gasteiger partial charge in [-0.15, -0.1) is 12.4 Å². The van der Waals surface area contributed by atoms with E-state index in [0.717, 1.165) is 43.9 Å². The second-order valence-corrected chi connectivity index (χ2v) is 7.27. The number of ether oxygens (including phenoxy) is 2. The Morgan fingerprint density at radius 2 is 1.62 bits per heavy atom. The van der Waals surface area contributed by atoms with Gasteiger partial charge in [0.1, 0.15) is 24.2 Å². The van der Waals surface area contributed by atoms with E-state index in [1.807, 2.05) is 30.3 Å². The van der Waals surface area contributed by atoms with Crippen LogP contribution in [0, 0.1) is 0 Å². The van der Waals surface area contributed by atoms with Crippen molar-refractivity contribution in [2.45, 2.75) is 38.5 Å². The molecule has 152 valence electrons. The summed E-state index contributed by atoms with van der Waals surface area (Å²) in [6, 6.07) is 27.0. The van der Waals surface area contributed by atoms with Crippen LogP contribution in [0.25, 0.3) is 0 Å². The molecule has 0 aliphatic carbocycles. The van der Waals surface area contributed by atoms with Crippen LogP contribution >= 0.6 is 12.4 Å². The maximum Gasteiger partial charge on any atom is 0.126 e. The second kappa shape index (κ2) is 10.9. The van der Waals surface area contributed by atoms with Crippen molar-refractivity contribution in [1.82, 2.24) is 5.32 Å². The molecule has 1 heterocycles. The fourth-order valence-electron chi connectivity index (χ4n) is 3.53. The van der Waals surface area contributed by atoms with Crippen molar-refractivity contribution in [1.29, 1.82) is 0 Å². The van der Waals surface area contributed by atoms with Gasteiger partial charge in [-0.25, -0.2) is 0 Å². The molecule has 1 N–H and O–H groups in total. The first-order valence-electron chi connectivity index (χ1n) is 10.1. The van der Waals surface area contributed by atoms with Crippen LogP contribution in [0.2, 0.25) is 0 Å². The highest BCUT2D eigenvalue weighted by molar-refractivity contribution is 5.85. The predicted molar refractivity (Wildman–Crippen MR) is 120 cm³/mol. The van der Waals surface area contributed by atoms with Crippen molar-refractivity contribution < 1.29 is 9.47 Å². The lowest BCUT2D eigenvalue weighted by molar-refractivity contribution is 0.162. The molecular formula is C25H28ClNO2. The third-order valence-electron chi connectivity index (χ3n) is 5.13. The number of nitrogens with one attached hydrogen (secondary N) is 1. The molecule has 4 rings (SSSR count). The molecule has 1 unspecified atom stereocenters. The number of rotatable bonds is 8. The molecule has 1 aliphatic heterocycles. The van der Waals surface area contributed by atoms with E-state index in [2.05, 4.69) is 53.8 Å². The van der Waals surface area contributed by atoms with Crippen molar-refractivity contribution in [3.63, 3.8) is 0 Å². The van der Waals surface area contributed by atoms with Crippen LogP contribution in [0.3, 0.4) is 0 Å². The van der Waals surface area contributed by atoms with Crippen LogP contribution in [-0.2, 0) is 19.6 Å². The van der Waals surface area contributed by atoms with Gasteiger partial charge in [-0.2, -0.15) is 0 Å². The number of aryl methyl sites for hydroxylation is 1. The number of halogens is 1. The Morgan fingerprint density at radius 1 is 0.897 bits per heavy atom. The molecule has 1 aliphatic rings. The van der Waals surface area contributed by atoms with E-state index in [1.165, 1.54) is 16.7 Å². The number of hydrogen-bond donors (Lipinski definition) is 1. The molecule has 29 heavy (non-hydrogen) atoms. The lowest BCUT2D eigenvalue weighted by Crippen LogP contribution is -2.27. The van der Waals surface area contributed by atoms with E-state index in [1.54, 1.807) is 0 Å². The maximum atomic E-state index is 6.26. The quantitative estimate of drug-likeness (QED) is 0.494. The van der Waals surface area contributed by atoms with Gasteiger partial charge >= 0.3 is 0 Å². The summed E-state index contributed by atoms with van der Waals surface area (Å²) in [5.41, 5.74) is 3.77. The molecule has 3 aromatic rings. The van der Waals surface area contributed by atoms with Gasteiger partial charge in [0, 0.05) is 12.6 Å². The van der Waals surface area contributed by atoms with Crippen molar-refractivity contribution >= 4 is 12.4 Å². The highest BCUT2D eigenvalue weighted by atomic mass is 35.5. The van der Waals surface area contributed by atoms with Crippen molar-refractivity contribution in [2.75, 3.05) is 6.54 Å². The van der Waals surface area contributed by atoms with Gasteiger partial charge in [-0.1, -0.05) is 66.7 Å². The molecule has 0 fully saturated rings. The van der Waals surface area contributed by atoms with Crippen LogP contribution < -0.4 is 14.8 Å². The van der Waals surface area contributed by atoms with Gasteiger partial charge in [0.15, 0.2) is 0 Å². The first kappa shape index (κ1) is 21.2. The molecule has 0 bridgehead atoms. The molecular weight excluding hydrogens is 382 g/mol. The zero-order chi connectivity index (χ0) is 19.0. The number of benzene rings is 3. The summed E-state index contributed by atoms with van der Waals surface area (Å²) in [6.45, 7) is 2.44. The summed E-state index contributed by atoms with van der Waals surface area (Å²) < 4.78 is 12.2. The number of hydrogen-bond acceptors (Lipinski definition) is 3. The van der Waals surface area contributed by atoms with Gasteiger partial charge in [0.05, 0.1) is 0 Å².